The van der Waals surface area contributed by atoms with Gasteiger partial charge in [-0.2, -0.15) is 0 Å². The maximum atomic E-state index is 11.3. The third kappa shape index (κ3) is 3.04. The number of anilines is 2. The van der Waals surface area contributed by atoms with Crippen molar-refractivity contribution in [3.63, 3.8) is 0 Å². The van der Waals surface area contributed by atoms with E-state index in [2.05, 4.69) is 23.9 Å². The number of aromatic nitrogens is 1. The molecule has 3 aliphatic carbocycles. The van der Waals surface area contributed by atoms with Gasteiger partial charge in [0.25, 0.3) is 0 Å². The molecule has 3 fully saturated rings. The molecule has 134 valence electrons. The molecular weight excluding hydrogens is 354 g/mol. The monoisotopic (exact) mass is 377 g/mol. The molecule has 0 amide bonds. The van der Waals surface area contributed by atoms with E-state index in [0.29, 0.717) is 11.1 Å². The van der Waals surface area contributed by atoms with Gasteiger partial charge in [0, 0.05) is 22.2 Å². The fraction of sp³-hybridized carbons (Fsp3) is 0.500. The molecule has 2 aromatic rings. The van der Waals surface area contributed by atoms with Crippen LogP contribution in [0.1, 0.15) is 33.1 Å². The summed E-state index contributed by atoms with van der Waals surface area (Å²) in [4.78, 5) is 4.71. The molecule has 2 N–H and O–H groups in total. The van der Waals surface area contributed by atoms with Crippen LogP contribution in [0.4, 0.5) is 10.8 Å². The summed E-state index contributed by atoms with van der Waals surface area (Å²) in [7, 11) is -3.25. The number of rotatable bonds is 6. The first-order valence-corrected chi connectivity index (χ1v) is 11.3. The van der Waals surface area contributed by atoms with E-state index in [1.54, 1.807) is 23.5 Å². The molecule has 0 radical (unpaired) electrons. The highest BCUT2D eigenvalue weighted by Gasteiger charge is 2.68. The summed E-state index contributed by atoms with van der Waals surface area (Å²) in [5.74, 6) is 0.766. The van der Waals surface area contributed by atoms with Crippen LogP contribution < -0.4 is 10.0 Å². The molecule has 25 heavy (non-hydrogen) atoms. The minimum absolute atomic E-state index is 0.280. The molecule has 1 aromatic heterocycles. The number of hydrogen-bond donors (Lipinski definition) is 2. The number of sulfonamides is 1. The number of nitrogens with one attached hydrogen (secondary N) is 2. The average molecular weight is 378 g/mol. The van der Waals surface area contributed by atoms with E-state index in [-0.39, 0.29) is 5.54 Å². The second-order valence-corrected chi connectivity index (χ2v) is 10.5. The molecule has 5 rings (SSSR count). The third-order valence-corrected chi connectivity index (χ3v) is 7.02. The van der Waals surface area contributed by atoms with E-state index in [4.69, 9.17) is 4.98 Å². The molecule has 5 nitrogen and oxygen atoms in total. The van der Waals surface area contributed by atoms with Crippen molar-refractivity contribution in [1.29, 1.82) is 0 Å². The Morgan fingerprint density at radius 2 is 1.80 bits per heavy atom. The van der Waals surface area contributed by atoms with Crippen molar-refractivity contribution in [2.75, 3.05) is 16.3 Å². The van der Waals surface area contributed by atoms with Gasteiger partial charge < -0.3 is 5.32 Å². The summed E-state index contributed by atoms with van der Waals surface area (Å²) in [6.07, 6.45) is 4.93. The summed E-state index contributed by atoms with van der Waals surface area (Å²) < 4.78 is 25.0. The van der Waals surface area contributed by atoms with Crippen molar-refractivity contribution < 1.29 is 8.42 Å². The second kappa shape index (κ2) is 5.45. The molecule has 0 spiro atoms. The minimum atomic E-state index is -3.25. The van der Waals surface area contributed by atoms with Crippen LogP contribution in [-0.2, 0) is 10.0 Å². The summed E-state index contributed by atoms with van der Waals surface area (Å²) >= 11 is 1.63. The Morgan fingerprint density at radius 3 is 2.36 bits per heavy atom. The molecule has 3 aliphatic rings. The van der Waals surface area contributed by atoms with E-state index < -0.39 is 10.0 Å². The quantitative estimate of drug-likeness (QED) is 0.792. The Hall–Kier alpha value is -1.60. The molecule has 2 bridgehead atoms. The Kier molecular flexibility index (Phi) is 3.67. The van der Waals surface area contributed by atoms with Gasteiger partial charge in [0.2, 0.25) is 10.0 Å². The predicted octanol–water partition coefficient (Wildman–Crippen LogP) is 4.17. The van der Waals surface area contributed by atoms with Gasteiger partial charge in [0.05, 0.1) is 11.9 Å². The van der Waals surface area contributed by atoms with E-state index in [9.17, 15) is 8.42 Å². The maximum Gasteiger partial charge on any atom is 0.229 e. The van der Waals surface area contributed by atoms with Gasteiger partial charge in [-0.15, -0.1) is 11.3 Å². The van der Waals surface area contributed by atoms with Gasteiger partial charge in [0.15, 0.2) is 5.13 Å². The third-order valence-electron chi connectivity index (χ3n) is 5.66. The normalized spacial score (nSPS) is 27.5. The minimum Gasteiger partial charge on any atom is -0.356 e. The molecule has 7 heteroatoms. The van der Waals surface area contributed by atoms with Crippen molar-refractivity contribution in [3.8, 4) is 11.3 Å². The molecule has 0 atom stereocenters. The zero-order valence-electron chi connectivity index (χ0n) is 14.7. The number of thiazole rings is 1. The summed E-state index contributed by atoms with van der Waals surface area (Å²) in [6.45, 7) is 4.65. The van der Waals surface area contributed by atoms with E-state index >= 15 is 0 Å². The van der Waals surface area contributed by atoms with Crippen LogP contribution in [0, 0.1) is 11.3 Å². The van der Waals surface area contributed by atoms with E-state index in [1.165, 1.54) is 19.3 Å². The average Bonchev–Trinajstić information content (AvgIpc) is 2.88. The number of benzene rings is 1. The van der Waals surface area contributed by atoms with Crippen LogP contribution in [0.5, 0.6) is 0 Å². The number of hydrogen-bond acceptors (Lipinski definition) is 5. The lowest BCUT2D eigenvalue weighted by Gasteiger charge is -2.72. The zero-order valence-corrected chi connectivity index (χ0v) is 16.3. The summed E-state index contributed by atoms with van der Waals surface area (Å²) in [5.41, 5.74) is 3.33. The lowest BCUT2D eigenvalue weighted by molar-refractivity contribution is -0.150. The highest BCUT2D eigenvalue weighted by Crippen LogP contribution is 2.71. The van der Waals surface area contributed by atoms with Crippen LogP contribution in [0.25, 0.3) is 11.3 Å². The Morgan fingerprint density at radius 1 is 1.16 bits per heavy atom. The Bertz CT molecular complexity index is 881. The Balaban J connectivity index is 1.42. The second-order valence-electron chi connectivity index (χ2n) is 7.94. The van der Waals surface area contributed by atoms with Gasteiger partial charge in [0.1, 0.15) is 0 Å². The summed E-state index contributed by atoms with van der Waals surface area (Å²) in [5, 5.41) is 6.67. The van der Waals surface area contributed by atoms with Crippen LogP contribution in [0.3, 0.4) is 0 Å². The van der Waals surface area contributed by atoms with E-state index in [0.717, 1.165) is 28.6 Å². The van der Waals surface area contributed by atoms with Gasteiger partial charge in [-0.3, -0.25) is 4.72 Å². The SMILES string of the molecule is CC(C)C12CC(Nc3nc(-c4ccc(NS(C)(=O)=O)cc4)cs3)(C1)C2. The van der Waals surface area contributed by atoms with Crippen molar-refractivity contribution in [1.82, 2.24) is 4.98 Å². The van der Waals surface area contributed by atoms with Crippen molar-refractivity contribution in [2.45, 2.75) is 38.6 Å². The highest BCUT2D eigenvalue weighted by atomic mass is 32.2. The highest BCUT2D eigenvalue weighted by molar-refractivity contribution is 7.92. The van der Waals surface area contributed by atoms with Crippen molar-refractivity contribution in [3.05, 3.63) is 29.6 Å². The van der Waals surface area contributed by atoms with Gasteiger partial charge in [-0.25, -0.2) is 13.4 Å². The first-order valence-electron chi connectivity index (χ1n) is 8.51. The fourth-order valence-corrected chi connectivity index (χ4v) is 5.63. The van der Waals surface area contributed by atoms with Crippen LogP contribution in [-0.4, -0.2) is 25.2 Å². The molecule has 0 aliphatic heterocycles. The van der Waals surface area contributed by atoms with Gasteiger partial charge >= 0.3 is 0 Å². The topological polar surface area (TPSA) is 71.1 Å². The van der Waals surface area contributed by atoms with Crippen molar-refractivity contribution >= 4 is 32.2 Å². The van der Waals surface area contributed by atoms with Crippen LogP contribution in [0.2, 0.25) is 0 Å². The predicted molar refractivity (Wildman–Crippen MR) is 103 cm³/mol. The number of nitrogens with zero attached hydrogens (tertiary/aromatic N) is 1. The standard InChI is InChI=1S/C18H23N3O2S2/c1-12(2)17-9-18(10-17,11-17)20-16-19-15(8-24-16)13-4-6-14(7-5-13)21-25(3,22)23/h4-8,12,21H,9-11H2,1-3H3,(H,19,20). The molecule has 0 unspecified atom stereocenters. The zero-order chi connectivity index (χ0) is 17.9. The van der Waals surface area contributed by atoms with E-state index in [1.807, 2.05) is 17.5 Å². The molecule has 1 heterocycles. The van der Waals surface area contributed by atoms with Gasteiger partial charge in [-0.1, -0.05) is 26.0 Å². The molecule has 3 saturated carbocycles. The summed E-state index contributed by atoms with van der Waals surface area (Å²) in [6, 6.07) is 7.30. The smallest absolute Gasteiger partial charge is 0.229 e. The lowest BCUT2D eigenvalue weighted by Crippen LogP contribution is -2.72. The molecule has 0 saturated heterocycles. The first kappa shape index (κ1) is 16.8. The maximum absolute atomic E-state index is 11.3. The van der Waals surface area contributed by atoms with Crippen LogP contribution >= 0.6 is 11.3 Å². The van der Waals surface area contributed by atoms with Gasteiger partial charge in [-0.05, 0) is 42.7 Å². The largest absolute Gasteiger partial charge is 0.356 e. The fourth-order valence-electron chi connectivity index (χ4n) is 4.23. The Labute approximate surface area is 152 Å². The molecular formula is C18H23N3O2S2. The van der Waals surface area contributed by atoms with Crippen molar-refractivity contribution in [2.24, 2.45) is 11.3 Å². The van der Waals surface area contributed by atoms with Crippen LogP contribution in [0.15, 0.2) is 29.6 Å². The first-order chi connectivity index (χ1) is 11.7. The lowest BCUT2D eigenvalue weighted by atomic mass is 9.36. The molecule has 1 aromatic carbocycles.